The number of carbonyl (C=O) groups excluding carboxylic acids is 1. The average Bonchev–Trinajstić information content (AvgIpc) is 3.03. The standard InChI is InChI=1S/C16H20N4O3S/c1-16(2,9-17)10-19(3)15(21)13-8-24-14(18-13)11-4-6-12(7-5-11)20(22)23/h4-8H,9-10,17H2,1-3H3. The van der Waals surface area contributed by atoms with E-state index < -0.39 is 4.92 Å². The molecule has 0 aliphatic heterocycles. The number of benzene rings is 1. The Labute approximate surface area is 144 Å². The van der Waals surface area contributed by atoms with E-state index in [4.69, 9.17) is 5.73 Å². The first-order chi connectivity index (χ1) is 11.2. The zero-order chi connectivity index (χ0) is 17.9. The first-order valence-corrected chi connectivity index (χ1v) is 8.27. The topological polar surface area (TPSA) is 102 Å². The maximum Gasteiger partial charge on any atom is 0.273 e. The molecule has 0 spiro atoms. The van der Waals surface area contributed by atoms with E-state index in [0.29, 0.717) is 23.8 Å². The number of rotatable bonds is 6. The van der Waals surface area contributed by atoms with Crippen LogP contribution in [0.4, 0.5) is 5.69 Å². The molecule has 0 atom stereocenters. The number of carbonyl (C=O) groups is 1. The predicted octanol–water partition coefficient (Wildman–Crippen LogP) is 2.78. The summed E-state index contributed by atoms with van der Waals surface area (Å²) in [6, 6.07) is 6.11. The number of hydrogen-bond donors (Lipinski definition) is 1. The van der Waals surface area contributed by atoms with Crippen molar-refractivity contribution in [2.24, 2.45) is 11.1 Å². The van der Waals surface area contributed by atoms with E-state index in [-0.39, 0.29) is 17.0 Å². The summed E-state index contributed by atoms with van der Waals surface area (Å²) in [6.45, 7) is 5.02. The van der Waals surface area contributed by atoms with Crippen LogP contribution in [-0.2, 0) is 0 Å². The monoisotopic (exact) mass is 348 g/mol. The minimum absolute atomic E-state index is 0.0235. The summed E-state index contributed by atoms with van der Waals surface area (Å²) in [6.07, 6.45) is 0. The summed E-state index contributed by atoms with van der Waals surface area (Å²) in [5.74, 6) is -0.166. The van der Waals surface area contributed by atoms with Crippen molar-refractivity contribution in [1.82, 2.24) is 9.88 Å². The molecule has 7 nitrogen and oxygen atoms in total. The minimum Gasteiger partial charge on any atom is -0.340 e. The van der Waals surface area contributed by atoms with E-state index >= 15 is 0 Å². The number of aromatic nitrogens is 1. The van der Waals surface area contributed by atoms with Crippen molar-refractivity contribution in [3.8, 4) is 10.6 Å². The molecule has 0 saturated carbocycles. The van der Waals surface area contributed by atoms with E-state index in [1.807, 2.05) is 13.8 Å². The molecule has 0 radical (unpaired) electrons. The molecule has 128 valence electrons. The van der Waals surface area contributed by atoms with E-state index in [2.05, 4.69) is 4.98 Å². The van der Waals surface area contributed by atoms with Crippen molar-refractivity contribution in [2.45, 2.75) is 13.8 Å². The largest absolute Gasteiger partial charge is 0.340 e. The second-order valence-corrected chi connectivity index (χ2v) is 7.23. The molecule has 1 aromatic carbocycles. The molecular weight excluding hydrogens is 328 g/mol. The molecule has 0 aliphatic rings. The lowest BCUT2D eigenvalue weighted by atomic mass is 9.93. The molecular formula is C16H20N4O3S. The van der Waals surface area contributed by atoms with Gasteiger partial charge in [0.1, 0.15) is 10.7 Å². The zero-order valence-corrected chi connectivity index (χ0v) is 14.7. The van der Waals surface area contributed by atoms with Gasteiger partial charge in [0.15, 0.2) is 0 Å². The van der Waals surface area contributed by atoms with E-state index in [1.165, 1.54) is 23.5 Å². The zero-order valence-electron chi connectivity index (χ0n) is 13.9. The molecule has 0 bridgehead atoms. The predicted molar refractivity (Wildman–Crippen MR) is 94.0 cm³/mol. The molecule has 2 N–H and O–H groups in total. The van der Waals surface area contributed by atoms with Crippen LogP contribution in [0.1, 0.15) is 24.3 Å². The van der Waals surface area contributed by atoms with Gasteiger partial charge in [-0.2, -0.15) is 0 Å². The van der Waals surface area contributed by atoms with Gasteiger partial charge in [-0.1, -0.05) is 13.8 Å². The first-order valence-electron chi connectivity index (χ1n) is 7.39. The smallest absolute Gasteiger partial charge is 0.273 e. The fourth-order valence-corrected chi connectivity index (χ4v) is 3.00. The Bertz CT molecular complexity index is 740. The molecule has 1 amide bonds. The molecule has 1 aromatic heterocycles. The number of nitrogens with zero attached hydrogens (tertiary/aromatic N) is 3. The van der Waals surface area contributed by atoms with Crippen molar-refractivity contribution in [1.29, 1.82) is 0 Å². The Kier molecular flexibility index (Phi) is 5.30. The number of hydrogen-bond acceptors (Lipinski definition) is 6. The average molecular weight is 348 g/mol. The summed E-state index contributed by atoms with van der Waals surface area (Å²) in [5, 5.41) is 13.0. The van der Waals surface area contributed by atoms with Crippen LogP contribution >= 0.6 is 11.3 Å². The Morgan fingerprint density at radius 2 is 2.00 bits per heavy atom. The summed E-state index contributed by atoms with van der Waals surface area (Å²) < 4.78 is 0. The van der Waals surface area contributed by atoms with Gasteiger partial charge in [0.05, 0.1) is 4.92 Å². The van der Waals surface area contributed by atoms with Gasteiger partial charge in [-0.15, -0.1) is 11.3 Å². The minimum atomic E-state index is -0.450. The first kappa shape index (κ1) is 18.0. The Morgan fingerprint density at radius 1 is 1.38 bits per heavy atom. The molecule has 0 fully saturated rings. The van der Waals surface area contributed by atoms with Gasteiger partial charge < -0.3 is 10.6 Å². The van der Waals surface area contributed by atoms with Crippen LogP contribution in [0.3, 0.4) is 0 Å². The maximum absolute atomic E-state index is 12.5. The van der Waals surface area contributed by atoms with E-state index in [0.717, 1.165) is 5.56 Å². The second-order valence-electron chi connectivity index (χ2n) is 6.37. The summed E-state index contributed by atoms with van der Waals surface area (Å²) in [5.41, 5.74) is 6.68. The van der Waals surface area contributed by atoms with Crippen LogP contribution < -0.4 is 5.73 Å². The number of nitrogens with two attached hydrogens (primary N) is 1. The lowest BCUT2D eigenvalue weighted by Gasteiger charge is -2.28. The fraction of sp³-hybridized carbons (Fsp3) is 0.375. The van der Waals surface area contributed by atoms with Crippen LogP contribution in [0.25, 0.3) is 10.6 Å². The Hall–Kier alpha value is -2.32. The third kappa shape index (κ3) is 4.15. The van der Waals surface area contributed by atoms with E-state index in [9.17, 15) is 14.9 Å². The molecule has 2 aromatic rings. The highest BCUT2D eigenvalue weighted by atomic mass is 32.1. The van der Waals surface area contributed by atoms with Gasteiger partial charge in [0, 0.05) is 36.7 Å². The van der Waals surface area contributed by atoms with E-state index in [1.54, 1.807) is 29.5 Å². The summed E-state index contributed by atoms with van der Waals surface area (Å²) >= 11 is 1.33. The lowest BCUT2D eigenvalue weighted by molar-refractivity contribution is -0.384. The maximum atomic E-state index is 12.5. The number of amides is 1. The molecule has 0 aliphatic carbocycles. The van der Waals surface area contributed by atoms with Crippen molar-refractivity contribution in [3.63, 3.8) is 0 Å². The van der Waals surface area contributed by atoms with Crippen LogP contribution in [0.5, 0.6) is 0 Å². The van der Waals surface area contributed by atoms with Crippen LogP contribution in [0.15, 0.2) is 29.6 Å². The Morgan fingerprint density at radius 3 is 2.54 bits per heavy atom. The van der Waals surface area contributed by atoms with Crippen LogP contribution in [0.2, 0.25) is 0 Å². The highest BCUT2D eigenvalue weighted by Gasteiger charge is 2.23. The highest BCUT2D eigenvalue weighted by Crippen LogP contribution is 2.26. The lowest BCUT2D eigenvalue weighted by Crippen LogP contribution is -2.39. The third-order valence-corrected chi connectivity index (χ3v) is 4.50. The SMILES string of the molecule is CN(CC(C)(C)CN)C(=O)c1csc(-c2ccc([N+](=O)[O-])cc2)n1. The Balaban J connectivity index is 2.15. The third-order valence-electron chi connectivity index (χ3n) is 3.61. The van der Waals surface area contributed by atoms with Gasteiger partial charge in [0.25, 0.3) is 11.6 Å². The van der Waals surface area contributed by atoms with Gasteiger partial charge in [-0.25, -0.2) is 4.98 Å². The van der Waals surface area contributed by atoms with Crippen LogP contribution in [-0.4, -0.2) is 40.9 Å². The number of nitro benzene ring substituents is 1. The number of nitro groups is 1. The van der Waals surface area contributed by atoms with Crippen LogP contribution in [0, 0.1) is 15.5 Å². The molecule has 24 heavy (non-hydrogen) atoms. The van der Waals surface area contributed by atoms with Crippen molar-refractivity contribution >= 4 is 22.9 Å². The molecule has 8 heteroatoms. The van der Waals surface area contributed by atoms with Gasteiger partial charge >= 0.3 is 0 Å². The molecule has 0 unspecified atom stereocenters. The molecule has 0 saturated heterocycles. The quantitative estimate of drug-likeness (QED) is 0.639. The molecule has 2 rings (SSSR count). The van der Waals surface area contributed by atoms with Gasteiger partial charge in [0.2, 0.25) is 0 Å². The highest BCUT2D eigenvalue weighted by molar-refractivity contribution is 7.13. The molecule has 1 heterocycles. The fourth-order valence-electron chi connectivity index (χ4n) is 2.20. The number of non-ortho nitro benzene ring substituents is 1. The normalized spacial score (nSPS) is 11.3. The van der Waals surface area contributed by atoms with Crippen molar-refractivity contribution in [3.05, 3.63) is 45.5 Å². The number of thiazole rings is 1. The van der Waals surface area contributed by atoms with Gasteiger partial charge in [-0.3, -0.25) is 14.9 Å². The van der Waals surface area contributed by atoms with Crippen molar-refractivity contribution < 1.29 is 9.72 Å². The van der Waals surface area contributed by atoms with Gasteiger partial charge in [-0.05, 0) is 24.1 Å². The second kappa shape index (κ2) is 7.06. The summed E-state index contributed by atoms with van der Waals surface area (Å²) in [4.78, 5) is 28.7. The van der Waals surface area contributed by atoms with Crippen molar-refractivity contribution in [2.75, 3.05) is 20.1 Å². The summed E-state index contributed by atoms with van der Waals surface area (Å²) in [7, 11) is 1.73.